The Balaban J connectivity index is 3.15. The molecule has 0 aromatic heterocycles. The molecule has 1 aromatic rings. The van der Waals surface area contributed by atoms with Gasteiger partial charge < -0.3 is 14.2 Å². The summed E-state index contributed by atoms with van der Waals surface area (Å²) in [5.41, 5.74) is 0.395. The van der Waals surface area contributed by atoms with E-state index >= 15 is 0 Å². The number of methoxy groups -OCH3 is 3. The van der Waals surface area contributed by atoms with E-state index in [4.69, 9.17) is 14.2 Å². The largest absolute Gasteiger partial charge is 0.493 e. The van der Waals surface area contributed by atoms with Crippen molar-refractivity contribution < 1.29 is 23.8 Å². The molecule has 0 bridgehead atoms. The molecule has 1 unspecified atom stereocenters. The second kappa shape index (κ2) is 6.93. The van der Waals surface area contributed by atoms with Gasteiger partial charge in [0.15, 0.2) is 17.3 Å². The summed E-state index contributed by atoms with van der Waals surface area (Å²) in [6.45, 7) is 3.61. The van der Waals surface area contributed by atoms with E-state index in [2.05, 4.69) is 0 Å². The molecular weight excluding hydrogens is 260 g/mol. The van der Waals surface area contributed by atoms with E-state index in [1.54, 1.807) is 32.0 Å². The van der Waals surface area contributed by atoms with Crippen LogP contribution in [-0.2, 0) is 9.53 Å². The molecule has 20 heavy (non-hydrogen) atoms. The lowest BCUT2D eigenvalue weighted by atomic mass is 9.88. The van der Waals surface area contributed by atoms with E-state index in [1.165, 1.54) is 21.3 Å². The maximum atomic E-state index is 12.5. The quantitative estimate of drug-likeness (QED) is 0.454. The fraction of sp³-hybridized carbons (Fsp3) is 0.467. The fourth-order valence-electron chi connectivity index (χ4n) is 1.98. The van der Waals surface area contributed by atoms with Crippen molar-refractivity contribution in [3.63, 3.8) is 0 Å². The molecule has 0 N–H and O–H groups in total. The number of hydrogen-bond acceptors (Lipinski definition) is 5. The van der Waals surface area contributed by atoms with Gasteiger partial charge in [0.1, 0.15) is 5.92 Å². The first kappa shape index (κ1) is 16.0. The minimum absolute atomic E-state index is 0.150. The number of rotatable bonds is 6. The van der Waals surface area contributed by atoms with Crippen LogP contribution in [-0.4, -0.2) is 33.1 Å². The number of ether oxygens (including phenoxy) is 3. The van der Waals surface area contributed by atoms with Gasteiger partial charge in [-0.2, -0.15) is 0 Å². The highest BCUT2D eigenvalue weighted by molar-refractivity contribution is 6.09. The second-order valence-electron chi connectivity index (χ2n) is 4.68. The number of hydrogen-bond donors (Lipinski definition) is 0. The fourth-order valence-corrected chi connectivity index (χ4v) is 1.98. The van der Waals surface area contributed by atoms with Gasteiger partial charge in [0.25, 0.3) is 0 Å². The molecule has 0 aliphatic heterocycles. The van der Waals surface area contributed by atoms with E-state index in [9.17, 15) is 9.59 Å². The van der Waals surface area contributed by atoms with Crippen molar-refractivity contribution in [3.05, 3.63) is 23.8 Å². The standard InChI is InChI=1S/C15H20O5/c1-9(2)13(15(17)20-5)14(16)10-6-7-11(18-3)12(8-10)19-4/h6-9,13H,1-5H3. The van der Waals surface area contributed by atoms with Crippen LogP contribution in [0.4, 0.5) is 0 Å². The van der Waals surface area contributed by atoms with E-state index in [0.29, 0.717) is 17.1 Å². The molecule has 0 heterocycles. The molecule has 0 spiro atoms. The van der Waals surface area contributed by atoms with Gasteiger partial charge in [-0.3, -0.25) is 9.59 Å². The van der Waals surface area contributed by atoms with Gasteiger partial charge in [-0.15, -0.1) is 0 Å². The van der Waals surface area contributed by atoms with Crippen molar-refractivity contribution >= 4 is 11.8 Å². The molecule has 110 valence electrons. The van der Waals surface area contributed by atoms with Crippen LogP contribution in [0.2, 0.25) is 0 Å². The lowest BCUT2D eigenvalue weighted by Crippen LogP contribution is -2.30. The normalized spacial score (nSPS) is 11.9. The third-order valence-electron chi connectivity index (χ3n) is 3.07. The number of carbonyl (C=O) groups excluding carboxylic acids is 2. The second-order valence-corrected chi connectivity index (χ2v) is 4.68. The van der Waals surface area contributed by atoms with Crippen LogP contribution in [0.25, 0.3) is 0 Å². The Labute approximate surface area is 118 Å². The summed E-state index contributed by atoms with van der Waals surface area (Å²) in [4.78, 5) is 24.2. The topological polar surface area (TPSA) is 61.8 Å². The SMILES string of the molecule is COC(=O)C(C(=O)c1ccc(OC)c(OC)c1)C(C)C. The highest BCUT2D eigenvalue weighted by Crippen LogP contribution is 2.29. The van der Waals surface area contributed by atoms with Crippen molar-refractivity contribution in [2.45, 2.75) is 13.8 Å². The van der Waals surface area contributed by atoms with Gasteiger partial charge >= 0.3 is 5.97 Å². The predicted octanol–water partition coefficient (Wildman–Crippen LogP) is 2.33. The van der Waals surface area contributed by atoms with Crippen molar-refractivity contribution in [2.75, 3.05) is 21.3 Å². The molecule has 1 atom stereocenters. The smallest absolute Gasteiger partial charge is 0.316 e. The minimum atomic E-state index is -0.821. The zero-order chi connectivity index (χ0) is 15.3. The Morgan fingerprint density at radius 1 is 1.00 bits per heavy atom. The van der Waals surface area contributed by atoms with Crippen molar-refractivity contribution in [1.29, 1.82) is 0 Å². The Kier molecular flexibility index (Phi) is 5.55. The zero-order valence-corrected chi connectivity index (χ0v) is 12.4. The van der Waals surface area contributed by atoms with Crippen LogP contribution in [0, 0.1) is 11.8 Å². The third kappa shape index (κ3) is 3.29. The summed E-state index contributed by atoms with van der Waals surface area (Å²) in [6.07, 6.45) is 0. The number of esters is 1. The van der Waals surface area contributed by atoms with Crippen LogP contribution < -0.4 is 9.47 Å². The minimum Gasteiger partial charge on any atom is -0.493 e. The van der Waals surface area contributed by atoms with E-state index in [1.807, 2.05) is 0 Å². The summed E-state index contributed by atoms with van der Waals surface area (Å²) in [6, 6.07) is 4.82. The van der Waals surface area contributed by atoms with Gasteiger partial charge in [0.2, 0.25) is 0 Å². The van der Waals surface area contributed by atoms with Crippen molar-refractivity contribution in [3.8, 4) is 11.5 Å². The average Bonchev–Trinajstić information content (AvgIpc) is 2.45. The average molecular weight is 280 g/mol. The summed E-state index contributed by atoms with van der Waals surface area (Å²) < 4.78 is 15.0. The van der Waals surface area contributed by atoms with Crippen LogP contribution >= 0.6 is 0 Å². The highest BCUT2D eigenvalue weighted by Gasteiger charge is 2.31. The highest BCUT2D eigenvalue weighted by atomic mass is 16.5. The maximum absolute atomic E-state index is 12.5. The predicted molar refractivity (Wildman–Crippen MR) is 74.2 cm³/mol. The lowest BCUT2D eigenvalue weighted by Gasteiger charge is -2.17. The van der Waals surface area contributed by atoms with Crippen LogP contribution in [0.3, 0.4) is 0 Å². The van der Waals surface area contributed by atoms with Crippen LogP contribution in [0.15, 0.2) is 18.2 Å². The molecule has 0 amide bonds. The summed E-state index contributed by atoms with van der Waals surface area (Å²) >= 11 is 0. The molecule has 0 fully saturated rings. The first-order valence-electron chi connectivity index (χ1n) is 6.30. The molecule has 0 saturated carbocycles. The molecule has 5 heteroatoms. The van der Waals surface area contributed by atoms with Crippen LogP contribution in [0.5, 0.6) is 11.5 Å². The summed E-state index contributed by atoms with van der Waals surface area (Å²) in [5, 5.41) is 0. The van der Waals surface area contributed by atoms with Gasteiger partial charge in [-0.1, -0.05) is 13.8 Å². The summed E-state index contributed by atoms with van der Waals surface area (Å²) in [7, 11) is 4.29. The van der Waals surface area contributed by atoms with E-state index < -0.39 is 11.9 Å². The first-order valence-corrected chi connectivity index (χ1v) is 6.30. The molecule has 0 radical (unpaired) electrons. The number of benzene rings is 1. The molecule has 1 aromatic carbocycles. The van der Waals surface area contributed by atoms with Crippen LogP contribution in [0.1, 0.15) is 24.2 Å². The zero-order valence-electron chi connectivity index (χ0n) is 12.4. The maximum Gasteiger partial charge on any atom is 0.316 e. The van der Waals surface area contributed by atoms with E-state index in [-0.39, 0.29) is 11.7 Å². The molecule has 0 aliphatic rings. The molecule has 5 nitrogen and oxygen atoms in total. The summed E-state index contributed by atoms with van der Waals surface area (Å²) in [5.74, 6) is -0.803. The lowest BCUT2D eigenvalue weighted by molar-refractivity contribution is -0.144. The van der Waals surface area contributed by atoms with E-state index in [0.717, 1.165) is 0 Å². The molecule has 0 aliphatic carbocycles. The Bertz CT molecular complexity index is 493. The van der Waals surface area contributed by atoms with Gasteiger partial charge in [0, 0.05) is 5.56 Å². The number of carbonyl (C=O) groups is 2. The van der Waals surface area contributed by atoms with Crippen molar-refractivity contribution in [1.82, 2.24) is 0 Å². The first-order chi connectivity index (χ1) is 9.46. The molecule has 1 rings (SSSR count). The number of ketones is 1. The molecular formula is C15H20O5. The Morgan fingerprint density at radius 2 is 1.60 bits per heavy atom. The van der Waals surface area contributed by atoms with Gasteiger partial charge in [0.05, 0.1) is 21.3 Å². The van der Waals surface area contributed by atoms with Gasteiger partial charge in [-0.25, -0.2) is 0 Å². The van der Waals surface area contributed by atoms with Gasteiger partial charge in [-0.05, 0) is 24.1 Å². The third-order valence-corrected chi connectivity index (χ3v) is 3.07. The Morgan fingerprint density at radius 3 is 2.05 bits per heavy atom. The Hall–Kier alpha value is -2.04. The number of Topliss-reactive ketones (excluding diaryl/α,β-unsaturated/α-hetero) is 1. The monoisotopic (exact) mass is 280 g/mol. The molecule has 0 saturated heterocycles. The van der Waals surface area contributed by atoms with Crippen molar-refractivity contribution in [2.24, 2.45) is 11.8 Å².